The SMILES string of the molecule is Cc1ccc(-c2ccccc2S(=O)(=O)c2ccc(NC(=O)NCc3cn[nH]c3)cc2)cc1. The molecule has 3 N–H and O–H groups in total. The second-order valence-corrected chi connectivity index (χ2v) is 9.22. The Labute approximate surface area is 186 Å². The molecular weight excluding hydrogens is 424 g/mol. The smallest absolute Gasteiger partial charge is 0.319 e. The Balaban J connectivity index is 1.53. The van der Waals surface area contributed by atoms with Crippen molar-refractivity contribution in [2.24, 2.45) is 0 Å². The Morgan fingerprint density at radius 3 is 2.38 bits per heavy atom. The Kier molecular flexibility index (Phi) is 6.04. The number of aromatic amines is 1. The first-order valence-corrected chi connectivity index (χ1v) is 11.5. The maximum absolute atomic E-state index is 13.4. The lowest BCUT2D eigenvalue weighted by Gasteiger charge is -2.12. The van der Waals surface area contributed by atoms with Crippen LogP contribution >= 0.6 is 0 Å². The van der Waals surface area contributed by atoms with Gasteiger partial charge in [-0.05, 0) is 42.8 Å². The normalized spacial score (nSPS) is 11.2. The number of rotatable bonds is 6. The number of benzene rings is 3. The van der Waals surface area contributed by atoms with E-state index in [0.717, 1.165) is 16.7 Å². The molecule has 4 aromatic rings. The molecule has 0 radical (unpaired) electrons. The van der Waals surface area contributed by atoms with Gasteiger partial charge in [-0.25, -0.2) is 13.2 Å². The lowest BCUT2D eigenvalue weighted by atomic mass is 10.0. The maximum atomic E-state index is 13.4. The fraction of sp³-hybridized carbons (Fsp3) is 0.0833. The second-order valence-electron chi connectivity index (χ2n) is 7.30. The van der Waals surface area contributed by atoms with E-state index < -0.39 is 15.9 Å². The molecule has 7 nitrogen and oxygen atoms in total. The molecule has 162 valence electrons. The number of amides is 2. The van der Waals surface area contributed by atoms with Crippen molar-refractivity contribution in [2.75, 3.05) is 5.32 Å². The molecule has 0 aliphatic rings. The molecule has 1 aromatic heterocycles. The lowest BCUT2D eigenvalue weighted by molar-refractivity contribution is 0.251. The van der Waals surface area contributed by atoms with Crippen molar-refractivity contribution in [1.82, 2.24) is 15.5 Å². The third kappa shape index (κ3) is 4.70. The van der Waals surface area contributed by atoms with E-state index in [1.807, 2.05) is 37.3 Å². The summed E-state index contributed by atoms with van der Waals surface area (Å²) in [5.41, 5.74) is 3.91. The van der Waals surface area contributed by atoms with Crippen LogP contribution in [0.15, 0.2) is 95.0 Å². The first-order chi connectivity index (χ1) is 15.4. The summed E-state index contributed by atoms with van der Waals surface area (Å²) in [6.45, 7) is 2.31. The van der Waals surface area contributed by atoms with E-state index in [-0.39, 0.29) is 9.79 Å². The van der Waals surface area contributed by atoms with Gasteiger partial charge in [0.1, 0.15) is 0 Å². The van der Waals surface area contributed by atoms with Crippen molar-refractivity contribution in [3.8, 4) is 11.1 Å². The van der Waals surface area contributed by atoms with Gasteiger partial charge in [0.25, 0.3) is 0 Å². The van der Waals surface area contributed by atoms with Crippen LogP contribution in [-0.4, -0.2) is 24.6 Å². The molecule has 3 aromatic carbocycles. The van der Waals surface area contributed by atoms with Gasteiger partial charge in [-0.3, -0.25) is 5.10 Å². The number of nitrogens with one attached hydrogen (secondary N) is 3. The van der Waals surface area contributed by atoms with Gasteiger partial charge in [-0.15, -0.1) is 0 Å². The van der Waals surface area contributed by atoms with Crippen LogP contribution in [0.4, 0.5) is 10.5 Å². The number of aromatic nitrogens is 2. The number of nitrogens with zero attached hydrogens (tertiary/aromatic N) is 1. The molecule has 0 aliphatic carbocycles. The third-order valence-corrected chi connectivity index (χ3v) is 6.80. The number of carbonyl (C=O) groups excluding carboxylic acids is 1. The van der Waals surface area contributed by atoms with Gasteiger partial charge in [-0.2, -0.15) is 5.10 Å². The number of sulfone groups is 1. The molecule has 2 amide bonds. The fourth-order valence-electron chi connectivity index (χ4n) is 3.25. The molecule has 0 spiro atoms. The summed E-state index contributed by atoms with van der Waals surface area (Å²) in [6.07, 6.45) is 3.31. The van der Waals surface area contributed by atoms with Crippen molar-refractivity contribution in [3.63, 3.8) is 0 Å². The summed E-state index contributed by atoms with van der Waals surface area (Å²) in [5, 5.41) is 11.9. The highest BCUT2D eigenvalue weighted by Gasteiger charge is 2.21. The zero-order chi connectivity index (χ0) is 22.6. The molecule has 8 heteroatoms. The molecule has 0 aliphatic heterocycles. The van der Waals surface area contributed by atoms with Gasteiger partial charge >= 0.3 is 6.03 Å². The molecule has 0 saturated carbocycles. The zero-order valence-electron chi connectivity index (χ0n) is 17.4. The number of hydrogen-bond acceptors (Lipinski definition) is 4. The van der Waals surface area contributed by atoms with Gasteiger partial charge in [-0.1, -0.05) is 48.0 Å². The topological polar surface area (TPSA) is 104 Å². The van der Waals surface area contributed by atoms with Crippen molar-refractivity contribution < 1.29 is 13.2 Å². The zero-order valence-corrected chi connectivity index (χ0v) is 18.2. The third-order valence-electron chi connectivity index (χ3n) is 4.97. The standard InChI is InChI=1S/C24H22N4O3S/c1-17-6-8-19(9-7-17)22-4-2-3-5-23(22)32(30,31)21-12-10-20(11-13-21)28-24(29)25-14-18-15-26-27-16-18/h2-13,15-16H,14H2,1H3,(H,26,27)(H2,25,28,29). The van der Waals surface area contributed by atoms with Crippen molar-refractivity contribution in [2.45, 2.75) is 23.3 Å². The number of hydrogen-bond donors (Lipinski definition) is 3. The Morgan fingerprint density at radius 2 is 1.69 bits per heavy atom. The fourth-order valence-corrected chi connectivity index (χ4v) is 4.73. The predicted octanol–water partition coefficient (Wildman–Crippen LogP) is 4.54. The number of aryl methyl sites for hydroxylation is 1. The quantitative estimate of drug-likeness (QED) is 0.404. The van der Waals surface area contributed by atoms with E-state index in [4.69, 9.17) is 0 Å². The monoisotopic (exact) mass is 446 g/mol. The molecule has 0 saturated heterocycles. The van der Waals surface area contributed by atoms with Gasteiger partial charge < -0.3 is 10.6 Å². The number of urea groups is 1. The van der Waals surface area contributed by atoms with E-state index in [9.17, 15) is 13.2 Å². The second kappa shape index (κ2) is 9.07. The maximum Gasteiger partial charge on any atom is 0.319 e. The predicted molar refractivity (Wildman–Crippen MR) is 123 cm³/mol. The minimum atomic E-state index is -3.75. The summed E-state index contributed by atoms with van der Waals surface area (Å²) in [7, 11) is -3.75. The van der Waals surface area contributed by atoms with Gasteiger partial charge in [0.2, 0.25) is 9.84 Å². The summed E-state index contributed by atoms with van der Waals surface area (Å²) < 4.78 is 26.7. The first kappa shape index (κ1) is 21.3. The minimum absolute atomic E-state index is 0.154. The van der Waals surface area contributed by atoms with Crippen LogP contribution in [0.3, 0.4) is 0 Å². The largest absolute Gasteiger partial charge is 0.334 e. The van der Waals surface area contributed by atoms with Crippen molar-refractivity contribution in [3.05, 3.63) is 96.3 Å². The van der Waals surface area contributed by atoms with E-state index in [0.29, 0.717) is 17.8 Å². The average Bonchev–Trinajstić information content (AvgIpc) is 3.32. The van der Waals surface area contributed by atoms with Crippen LogP contribution in [0.5, 0.6) is 0 Å². The van der Waals surface area contributed by atoms with Gasteiger partial charge in [0.15, 0.2) is 0 Å². The van der Waals surface area contributed by atoms with Gasteiger partial charge in [0.05, 0.1) is 16.0 Å². The Bertz CT molecular complexity index is 1310. The molecular formula is C24H22N4O3S. The molecule has 0 bridgehead atoms. The summed E-state index contributed by atoms with van der Waals surface area (Å²) in [5.74, 6) is 0. The summed E-state index contributed by atoms with van der Waals surface area (Å²) in [6, 6.07) is 20.4. The molecule has 0 unspecified atom stereocenters. The van der Waals surface area contributed by atoms with E-state index in [1.165, 1.54) is 12.1 Å². The first-order valence-electron chi connectivity index (χ1n) is 9.97. The molecule has 0 fully saturated rings. The number of H-pyrrole nitrogens is 1. The molecule has 1 heterocycles. The molecule has 32 heavy (non-hydrogen) atoms. The van der Waals surface area contributed by atoms with Crippen LogP contribution in [-0.2, 0) is 16.4 Å². The van der Waals surface area contributed by atoms with E-state index in [2.05, 4.69) is 20.8 Å². The van der Waals surface area contributed by atoms with Crippen LogP contribution < -0.4 is 10.6 Å². The highest BCUT2D eigenvalue weighted by molar-refractivity contribution is 7.91. The van der Waals surface area contributed by atoms with Crippen LogP contribution in [0.25, 0.3) is 11.1 Å². The number of carbonyl (C=O) groups is 1. The van der Waals surface area contributed by atoms with Crippen molar-refractivity contribution in [1.29, 1.82) is 0 Å². The van der Waals surface area contributed by atoms with Crippen molar-refractivity contribution >= 4 is 21.6 Å². The van der Waals surface area contributed by atoms with Crippen LogP contribution in [0.1, 0.15) is 11.1 Å². The van der Waals surface area contributed by atoms with E-state index in [1.54, 1.807) is 42.7 Å². The lowest BCUT2D eigenvalue weighted by Crippen LogP contribution is -2.28. The summed E-state index contributed by atoms with van der Waals surface area (Å²) in [4.78, 5) is 12.5. The average molecular weight is 447 g/mol. The minimum Gasteiger partial charge on any atom is -0.334 e. The Morgan fingerprint density at radius 1 is 0.969 bits per heavy atom. The summed E-state index contributed by atoms with van der Waals surface area (Å²) >= 11 is 0. The van der Waals surface area contributed by atoms with Crippen LogP contribution in [0.2, 0.25) is 0 Å². The highest BCUT2D eigenvalue weighted by atomic mass is 32.2. The van der Waals surface area contributed by atoms with Crippen LogP contribution in [0, 0.1) is 6.92 Å². The van der Waals surface area contributed by atoms with Gasteiger partial charge in [0, 0.05) is 29.6 Å². The van der Waals surface area contributed by atoms with E-state index >= 15 is 0 Å². The Hall–Kier alpha value is -3.91. The highest BCUT2D eigenvalue weighted by Crippen LogP contribution is 2.32. The molecule has 0 atom stereocenters. The molecule has 4 rings (SSSR count). The number of anilines is 1.